The zero-order valence-electron chi connectivity index (χ0n) is 14.9. The van der Waals surface area contributed by atoms with Gasteiger partial charge in [-0.05, 0) is 37.1 Å². The van der Waals surface area contributed by atoms with Crippen LogP contribution in [0.1, 0.15) is 28.6 Å². The summed E-state index contributed by atoms with van der Waals surface area (Å²) in [6, 6.07) is 13.6. The molecular formula is C21H17ClN2O2S. The second-order valence-electron chi connectivity index (χ2n) is 6.24. The molecule has 0 bridgehead atoms. The number of anilines is 1. The quantitative estimate of drug-likeness (QED) is 0.438. The Bertz CT molecular complexity index is 1130. The summed E-state index contributed by atoms with van der Waals surface area (Å²) in [6.07, 6.45) is 1.00. The lowest BCUT2D eigenvalue weighted by Crippen LogP contribution is -2.11. The highest BCUT2D eigenvalue weighted by Crippen LogP contribution is 2.30. The van der Waals surface area contributed by atoms with Crippen molar-refractivity contribution in [2.75, 3.05) is 5.32 Å². The maximum Gasteiger partial charge on any atom is 0.293 e. The van der Waals surface area contributed by atoms with Crippen LogP contribution in [-0.4, -0.2) is 10.9 Å². The number of nitrogens with zero attached hydrogens (tertiary/aromatic N) is 1. The van der Waals surface area contributed by atoms with E-state index in [9.17, 15) is 4.79 Å². The number of thiazole rings is 1. The Kier molecular flexibility index (Phi) is 4.72. The maximum atomic E-state index is 12.6. The summed E-state index contributed by atoms with van der Waals surface area (Å²) in [4.78, 5) is 17.2. The molecule has 0 aliphatic rings. The minimum absolute atomic E-state index is 0.274. The summed E-state index contributed by atoms with van der Waals surface area (Å²) in [5.74, 6) is -0.0432. The summed E-state index contributed by atoms with van der Waals surface area (Å²) in [5, 5.41) is 6.74. The summed E-state index contributed by atoms with van der Waals surface area (Å²) in [7, 11) is 0. The molecule has 0 aliphatic carbocycles. The molecule has 0 atom stereocenters. The third-order valence-corrected chi connectivity index (χ3v) is 5.48. The van der Waals surface area contributed by atoms with Crippen molar-refractivity contribution in [3.8, 4) is 11.3 Å². The van der Waals surface area contributed by atoms with E-state index < -0.39 is 0 Å². The number of fused-ring (bicyclic) bond motifs is 1. The predicted molar refractivity (Wildman–Crippen MR) is 111 cm³/mol. The highest BCUT2D eigenvalue weighted by molar-refractivity contribution is 7.14. The van der Waals surface area contributed by atoms with Gasteiger partial charge in [0, 0.05) is 26.9 Å². The van der Waals surface area contributed by atoms with Crippen molar-refractivity contribution in [2.45, 2.75) is 20.3 Å². The van der Waals surface area contributed by atoms with Gasteiger partial charge in [0.2, 0.25) is 0 Å². The average Bonchev–Trinajstić information content (AvgIpc) is 3.27. The molecule has 2 aromatic carbocycles. The van der Waals surface area contributed by atoms with Gasteiger partial charge in [-0.2, -0.15) is 0 Å². The van der Waals surface area contributed by atoms with Crippen molar-refractivity contribution in [2.24, 2.45) is 0 Å². The second kappa shape index (κ2) is 7.18. The van der Waals surface area contributed by atoms with Crippen LogP contribution in [0.3, 0.4) is 0 Å². The largest absolute Gasteiger partial charge is 0.451 e. The van der Waals surface area contributed by atoms with Crippen molar-refractivity contribution < 1.29 is 9.21 Å². The Morgan fingerprint density at radius 1 is 1.22 bits per heavy atom. The van der Waals surface area contributed by atoms with Crippen LogP contribution in [0.5, 0.6) is 0 Å². The normalized spacial score (nSPS) is 11.1. The number of aromatic nitrogens is 1. The van der Waals surface area contributed by atoms with Crippen LogP contribution in [-0.2, 0) is 6.42 Å². The van der Waals surface area contributed by atoms with Crippen molar-refractivity contribution in [3.63, 3.8) is 0 Å². The Hall–Kier alpha value is -2.63. The summed E-state index contributed by atoms with van der Waals surface area (Å²) < 4.78 is 5.71. The van der Waals surface area contributed by atoms with E-state index in [1.807, 2.05) is 24.4 Å². The molecule has 27 heavy (non-hydrogen) atoms. The molecule has 6 heteroatoms. The number of furan rings is 1. The number of hydrogen-bond donors (Lipinski definition) is 1. The molecule has 1 amide bonds. The van der Waals surface area contributed by atoms with Gasteiger partial charge in [-0.1, -0.05) is 42.8 Å². The Balaban J connectivity index is 1.57. The van der Waals surface area contributed by atoms with Gasteiger partial charge in [-0.3, -0.25) is 10.1 Å². The molecule has 0 fully saturated rings. The molecule has 4 aromatic rings. The number of nitrogens with one attached hydrogen (secondary N) is 1. The molecule has 0 saturated heterocycles. The van der Waals surface area contributed by atoms with Gasteiger partial charge >= 0.3 is 0 Å². The molecule has 1 N–H and O–H groups in total. The molecule has 2 aromatic heterocycles. The lowest BCUT2D eigenvalue weighted by atomic mass is 10.1. The first-order valence-electron chi connectivity index (χ1n) is 8.60. The van der Waals surface area contributed by atoms with Crippen LogP contribution < -0.4 is 5.32 Å². The average molecular weight is 397 g/mol. The van der Waals surface area contributed by atoms with Crippen LogP contribution >= 0.6 is 22.9 Å². The zero-order chi connectivity index (χ0) is 19.0. The number of carbonyl (C=O) groups excluding carboxylic acids is 1. The molecule has 4 rings (SSSR count). The summed E-state index contributed by atoms with van der Waals surface area (Å²) in [5.41, 5.74) is 4.54. The third-order valence-electron chi connectivity index (χ3n) is 4.49. The Morgan fingerprint density at radius 3 is 2.74 bits per heavy atom. The van der Waals surface area contributed by atoms with E-state index in [1.54, 1.807) is 18.2 Å². The molecule has 0 saturated carbocycles. The highest BCUT2D eigenvalue weighted by atomic mass is 35.5. The van der Waals surface area contributed by atoms with Gasteiger partial charge in [0.15, 0.2) is 10.9 Å². The standard InChI is InChI=1S/C21H17ClN2O2S/c1-3-13-4-6-14(7-5-13)17-11-27-21(23-17)24-20(25)19-12(2)16-10-15(22)8-9-18(16)26-19/h4-11H,3H2,1-2H3,(H,23,24,25). The van der Waals surface area contributed by atoms with Crippen LogP contribution in [0.4, 0.5) is 5.13 Å². The highest BCUT2D eigenvalue weighted by Gasteiger charge is 2.19. The van der Waals surface area contributed by atoms with Crippen molar-refractivity contribution in [1.82, 2.24) is 4.98 Å². The number of amides is 1. The number of carbonyl (C=O) groups is 1. The van der Waals surface area contributed by atoms with Gasteiger partial charge in [0.05, 0.1) is 5.69 Å². The van der Waals surface area contributed by atoms with E-state index in [0.29, 0.717) is 15.7 Å². The lowest BCUT2D eigenvalue weighted by Gasteiger charge is -2.00. The van der Waals surface area contributed by atoms with Gasteiger partial charge < -0.3 is 4.42 Å². The van der Waals surface area contributed by atoms with Crippen LogP contribution in [0.25, 0.3) is 22.2 Å². The van der Waals surface area contributed by atoms with E-state index in [2.05, 4.69) is 29.4 Å². The topological polar surface area (TPSA) is 55.1 Å². The van der Waals surface area contributed by atoms with Gasteiger partial charge in [0.1, 0.15) is 5.58 Å². The lowest BCUT2D eigenvalue weighted by molar-refractivity contribution is 0.0998. The first kappa shape index (κ1) is 17.8. The number of hydrogen-bond acceptors (Lipinski definition) is 4. The minimum atomic E-state index is -0.318. The molecule has 4 nitrogen and oxygen atoms in total. The number of benzene rings is 2. The van der Waals surface area contributed by atoms with Gasteiger partial charge in [-0.15, -0.1) is 11.3 Å². The maximum absolute atomic E-state index is 12.6. The SMILES string of the molecule is CCc1ccc(-c2csc(NC(=O)c3oc4ccc(Cl)cc4c3C)n2)cc1. The van der Waals surface area contributed by atoms with E-state index in [1.165, 1.54) is 16.9 Å². The fourth-order valence-corrected chi connectivity index (χ4v) is 3.83. The monoisotopic (exact) mass is 396 g/mol. The van der Waals surface area contributed by atoms with E-state index >= 15 is 0 Å². The molecule has 0 spiro atoms. The smallest absolute Gasteiger partial charge is 0.293 e. The molecule has 0 aliphatic heterocycles. The van der Waals surface area contributed by atoms with E-state index in [0.717, 1.165) is 28.6 Å². The molecule has 136 valence electrons. The first-order chi connectivity index (χ1) is 13.0. The fraction of sp³-hybridized carbons (Fsp3) is 0.143. The Labute approximate surface area is 165 Å². The van der Waals surface area contributed by atoms with E-state index in [-0.39, 0.29) is 11.7 Å². The summed E-state index contributed by atoms with van der Waals surface area (Å²) in [6.45, 7) is 3.97. The first-order valence-corrected chi connectivity index (χ1v) is 9.85. The molecular weight excluding hydrogens is 380 g/mol. The second-order valence-corrected chi connectivity index (χ2v) is 7.53. The fourth-order valence-electron chi connectivity index (χ4n) is 2.94. The summed E-state index contributed by atoms with van der Waals surface area (Å²) >= 11 is 7.43. The molecule has 0 radical (unpaired) electrons. The van der Waals surface area contributed by atoms with Crippen LogP contribution in [0.15, 0.2) is 52.3 Å². The molecule has 2 heterocycles. The Morgan fingerprint density at radius 2 is 2.00 bits per heavy atom. The zero-order valence-corrected chi connectivity index (χ0v) is 16.4. The van der Waals surface area contributed by atoms with Crippen molar-refractivity contribution >= 4 is 44.9 Å². The van der Waals surface area contributed by atoms with Crippen molar-refractivity contribution in [3.05, 3.63) is 69.8 Å². The number of halogens is 1. The van der Waals surface area contributed by atoms with Gasteiger partial charge in [0.25, 0.3) is 5.91 Å². The predicted octanol–water partition coefficient (Wildman–Crippen LogP) is 6.33. The van der Waals surface area contributed by atoms with Gasteiger partial charge in [-0.25, -0.2) is 4.98 Å². The van der Waals surface area contributed by atoms with Crippen LogP contribution in [0, 0.1) is 6.92 Å². The van der Waals surface area contributed by atoms with Crippen LogP contribution in [0.2, 0.25) is 5.02 Å². The number of aryl methyl sites for hydroxylation is 2. The minimum Gasteiger partial charge on any atom is -0.451 e. The third kappa shape index (κ3) is 3.48. The van der Waals surface area contributed by atoms with E-state index in [4.69, 9.17) is 16.0 Å². The van der Waals surface area contributed by atoms with Crippen molar-refractivity contribution in [1.29, 1.82) is 0 Å². The molecule has 0 unspecified atom stereocenters. The number of rotatable bonds is 4.